The van der Waals surface area contributed by atoms with E-state index in [1.165, 1.54) is 0 Å². The number of rotatable bonds is 5. The van der Waals surface area contributed by atoms with Gasteiger partial charge in [0, 0.05) is 6.54 Å². The van der Waals surface area contributed by atoms with E-state index in [1.807, 2.05) is 32.0 Å². The predicted octanol–water partition coefficient (Wildman–Crippen LogP) is 1.26. The van der Waals surface area contributed by atoms with E-state index < -0.39 is 6.10 Å². The van der Waals surface area contributed by atoms with Crippen molar-refractivity contribution in [1.82, 2.24) is 0 Å². The maximum Gasteiger partial charge on any atom is 0.119 e. The fraction of sp³-hybridized carbons (Fsp3) is 0.500. The Balaban J connectivity index is 2.74. The van der Waals surface area contributed by atoms with Gasteiger partial charge >= 0.3 is 0 Å². The van der Waals surface area contributed by atoms with Crippen LogP contribution in [0.15, 0.2) is 18.2 Å². The van der Waals surface area contributed by atoms with Gasteiger partial charge in [0.25, 0.3) is 0 Å². The summed E-state index contributed by atoms with van der Waals surface area (Å²) in [6.07, 6.45) is 0.149. The van der Waals surface area contributed by atoms with E-state index in [0.29, 0.717) is 19.6 Å². The van der Waals surface area contributed by atoms with Crippen LogP contribution < -0.4 is 10.5 Å². The van der Waals surface area contributed by atoms with E-state index in [1.54, 1.807) is 0 Å². The second-order valence-corrected chi connectivity index (χ2v) is 3.61. The van der Waals surface area contributed by atoms with E-state index in [-0.39, 0.29) is 0 Å². The van der Waals surface area contributed by atoms with Crippen molar-refractivity contribution in [2.24, 2.45) is 5.73 Å². The molecule has 3 heteroatoms. The molecule has 0 amide bonds. The Morgan fingerprint density at radius 2 is 2.20 bits per heavy atom. The molecule has 0 aliphatic rings. The van der Waals surface area contributed by atoms with Crippen LogP contribution in [0, 0.1) is 6.92 Å². The van der Waals surface area contributed by atoms with Crippen molar-refractivity contribution in [2.45, 2.75) is 26.4 Å². The number of hydrogen-bond acceptors (Lipinski definition) is 3. The summed E-state index contributed by atoms with van der Waals surface area (Å²) in [4.78, 5) is 0. The van der Waals surface area contributed by atoms with Gasteiger partial charge in [-0.1, -0.05) is 6.07 Å². The van der Waals surface area contributed by atoms with Gasteiger partial charge < -0.3 is 15.6 Å². The third kappa shape index (κ3) is 3.53. The monoisotopic (exact) mass is 209 g/mol. The Hall–Kier alpha value is -1.06. The summed E-state index contributed by atoms with van der Waals surface area (Å²) in [6.45, 7) is 4.94. The highest BCUT2D eigenvalue weighted by molar-refractivity contribution is 5.35. The topological polar surface area (TPSA) is 55.5 Å². The number of ether oxygens (including phenoxy) is 1. The Bertz CT molecular complexity index is 312. The lowest BCUT2D eigenvalue weighted by atomic mass is 10.0. The molecule has 3 nitrogen and oxygen atoms in total. The average Bonchev–Trinajstić information content (AvgIpc) is 2.22. The minimum absolute atomic E-state index is 0.298. The van der Waals surface area contributed by atoms with Gasteiger partial charge in [0.15, 0.2) is 0 Å². The molecule has 0 spiro atoms. The molecular formula is C12H19NO2. The van der Waals surface area contributed by atoms with Crippen molar-refractivity contribution in [2.75, 3.05) is 13.2 Å². The quantitative estimate of drug-likeness (QED) is 0.767. The first-order valence-electron chi connectivity index (χ1n) is 5.27. The Labute approximate surface area is 90.9 Å². The van der Waals surface area contributed by atoms with Gasteiger partial charge in [0.2, 0.25) is 0 Å². The van der Waals surface area contributed by atoms with Crippen LogP contribution in [0.3, 0.4) is 0 Å². The van der Waals surface area contributed by atoms with Crippen molar-refractivity contribution < 1.29 is 9.84 Å². The van der Waals surface area contributed by atoms with Gasteiger partial charge in [0.1, 0.15) is 5.75 Å². The standard InChI is InChI=1S/C12H19NO2/c1-3-15-12-5-4-10(9(2)6-12)7-11(14)8-13/h4-6,11,14H,3,7-8,13H2,1-2H3. The Morgan fingerprint density at radius 1 is 1.47 bits per heavy atom. The third-order valence-electron chi connectivity index (χ3n) is 2.35. The highest BCUT2D eigenvalue weighted by Gasteiger charge is 2.06. The zero-order valence-electron chi connectivity index (χ0n) is 9.36. The van der Waals surface area contributed by atoms with Gasteiger partial charge in [-0.05, 0) is 43.5 Å². The van der Waals surface area contributed by atoms with Crippen molar-refractivity contribution in [3.05, 3.63) is 29.3 Å². The van der Waals surface area contributed by atoms with Crippen LogP contribution in [-0.2, 0) is 6.42 Å². The minimum atomic E-state index is -0.457. The summed E-state index contributed by atoms with van der Waals surface area (Å²) >= 11 is 0. The molecule has 0 radical (unpaired) electrons. The SMILES string of the molecule is CCOc1ccc(CC(O)CN)c(C)c1. The maximum absolute atomic E-state index is 9.45. The highest BCUT2D eigenvalue weighted by Crippen LogP contribution is 2.18. The lowest BCUT2D eigenvalue weighted by molar-refractivity contribution is 0.183. The van der Waals surface area contributed by atoms with Gasteiger partial charge in [-0.15, -0.1) is 0 Å². The molecule has 0 aliphatic carbocycles. The van der Waals surface area contributed by atoms with Crippen LogP contribution >= 0.6 is 0 Å². The molecule has 0 aromatic heterocycles. The van der Waals surface area contributed by atoms with Crippen LogP contribution in [0.2, 0.25) is 0 Å². The van der Waals surface area contributed by atoms with Crippen LogP contribution in [0.1, 0.15) is 18.1 Å². The number of hydrogen-bond donors (Lipinski definition) is 2. The molecule has 1 aromatic carbocycles. The van der Waals surface area contributed by atoms with E-state index in [4.69, 9.17) is 10.5 Å². The van der Waals surface area contributed by atoms with E-state index >= 15 is 0 Å². The molecule has 15 heavy (non-hydrogen) atoms. The molecule has 1 atom stereocenters. The van der Waals surface area contributed by atoms with E-state index in [0.717, 1.165) is 16.9 Å². The number of benzene rings is 1. The summed E-state index contributed by atoms with van der Waals surface area (Å²) in [5.41, 5.74) is 7.63. The van der Waals surface area contributed by atoms with Crippen LogP contribution in [-0.4, -0.2) is 24.4 Å². The molecular weight excluding hydrogens is 190 g/mol. The zero-order chi connectivity index (χ0) is 11.3. The molecule has 0 aliphatic heterocycles. The van der Waals surface area contributed by atoms with Crippen LogP contribution in [0.25, 0.3) is 0 Å². The molecule has 1 rings (SSSR count). The second-order valence-electron chi connectivity index (χ2n) is 3.61. The van der Waals surface area contributed by atoms with Crippen molar-refractivity contribution in [1.29, 1.82) is 0 Å². The molecule has 0 bridgehead atoms. The molecule has 0 saturated heterocycles. The molecule has 0 heterocycles. The first-order chi connectivity index (χ1) is 7.17. The van der Waals surface area contributed by atoms with Gasteiger partial charge in [-0.25, -0.2) is 0 Å². The summed E-state index contributed by atoms with van der Waals surface area (Å²) in [7, 11) is 0. The van der Waals surface area contributed by atoms with Crippen molar-refractivity contribution in [3.63, 3.8) is 0 Å². The molecule has 1 aromatic rings. The van der Waals surface area contributed by atoms with Gasteiger partial charge in [-0.3, -0.25) is 0 Å². The predicted molar refractivity (Wildman–Crippen MR) is 61.1 cm³/mol. The number of aliphatic hydroxyl groups is 1. The first kappa shape index (κ1) is 12.0. The molecule has 0 fully saturated rings. The molecule has 1 unspecified atom stereocenters. The lowest BCUT2D eigenvalue weighted by Crippen LogP contribution is -2.22. The lowest BCUT2D eigenvalue weighted by Gasteiger charge is -2.11. The Morgan fingerprint density at radius 3 is 2.73 bits per heavy atom. The third-order valence-corrected chi connectivity index (χ3v) is 2.35. The van der Waals surface area contributed by atoms with Crippen molar-refractivity contribution >= 4 is 0 Å². The molecule has 84 valence electrons. The fourth-order valence-corrected chi connectivity index (χ4v) is 1.49. The number of aryl methyl sites for hydroxylation is 1. The smallest absolute Gasteiger partial charge is 0.119 e. The molecule has 3 N–H and O–H groups in total. The van der Waals surface area contributed by atoms with Gasteiger partial charge in [0.05, 0.1) is 12.7 Å². The highest BCUT2D eigenvalue weighted by atomic mass is 16.5. The van der Waals surface area contributed by atoms with Crippen LogP contribution in [0.4, 0.5) is 0 Å². The average molecular weight is 209 g/mol. The molecule has 0 saturated carbocycles. The van der Waals surface area contributed by atoms with Gasteiger partial charge in [-0.2, -0.15) is 0 Å². The second kappa shape index (κ2) is 5.73. The maximum atomic E-state index is 9.45. The first-order valence-corrected chi connectivity index (χ1v) is 5.27. The van der Waals surface area contributed by atoms with E-state index in [2.05, 4.69) is 0 Å². The summed E-state index contributed by atoms with van der Waals surface area (Å²) in [6, 6.07) is 5.90. The Kier molecular flexibility index (Phi) is 4.59. The summed E-state index contributed by atoms with van der Waals surface area (Å²) in [5.74, 6) is 0.876. The minimum Gasteiger partial charge on any atom is -0.494 e. The van der Waals surface area contributed by atoms with Crippen molar-refractivity contribution in [3.8, 4) is 5.75 Å². The fourth-order valence-electron chi connectivity index (χ4n) is 1.49. The summed E-state index contributed by atoms with van der Waals surface area (Å²) in [5, 5.41) is 9.45. The number of nitrogens with two attached hydrogens (primary N) is 1. The number of aliphatic hydroxyl groups excluding tert-OH is 1. The largest absolute Gasteiger partial charge is 0.494 e. The normalized spacial score (nSPS) is 12.5. The summed E-state index contributed by atoms with van der Waals surface area (Å²) < 4.78 is 5.39. The zero-order valence-corrected chi connectivity index (χ0v) is 9.36. The van der Waals surface area contributed by atoms with E-state index in [9.17, 15) is 5.11 Å². The van der Waals surface area contributed by atoms with Crippen LogP contribution in [0.5, 0.6) is 5.75 Å².